The molecule has 3 fully saturated rings. The summed E-state index contributed by atoms with van der Waals surface area (Å²) in [4.78, 5) is 20.3. The summed E-state index contributed by atoms with van der Waals surface area (Å²) in [5, 5.41) is 54.4. The van der Waals surface area contributed by atoms with E-state index in [0.29, 0.717) is 30.2 Å². The van der Waals surface area contributed by atoms with Crippen molar-refractivity contribution in [2.45, 2.75) is 105 Å². The summed E-state index contributed by atoms with van der Waals surface area (Å²) in [6.45, 7) is -0.0995. The molecule has 4 unspecified atom stereocenters. The molecule has 0 radical (unpaired) electrons. The van der Waals surface area contributed by atoms with E-state index in [1.54, 1.807) is 11.8 Å². The number of halogens is 1. The van der Waals surface area contributed by atoms with Gasteiger partial charge in [-0.2, -0.15) is 0 Å². The SMILES string of the molecule is O=C(C(O)C(O)C(O)C(O)CO)N(CCCCSc1ccc(Cl)c(CNC2(c3cnccc3-c3ccccc3OC3CC3)CC2)c1)C1CCS(=O)(=O)CC1. The van der Waals surface area contributed by atoms with Crippen LogP contribution in [0.3, 0.4) is 0 Å². The van der Waals surface area contributed by atoms with E-state index in [0.717, 1.165) is 58.6 Å². The second kappa shape index (κ2) is 18.0. The van der Waals surface area contributed by atoms with Crippen molar-refractivity contribution in [3.05, 3.63) is 77.1 Å². The number of para-hydroxylation sites is 1. The lowest BCUT2D eigenvalue weighted by atomic mass is 9.94. The van der Waals surface area contributed by atoms with Crippen LogP contribution in [0.2, 0.25) is 5.02 Å². The van der Waals surface area contributed by atoms with Gasteiger partial charge in [0.05, 0.1) is 24.2 Å². The Balaban J connectivity index is 1.05. The summed E-state index contributed by atoms with van der Waals surface area (Å²) in [6, 6.07) is 15.7. The van der Waals surface area contributed by atoms with E-state index >= 15 is 0 Å². The van der Waals surface area contributed by atoms with Gasteiger partial charge in [0.15, 0.2) is 6.10 Å². The first-order valence-corrected chi connectivity index (χ1v) is 21.8. The molecule has 2 aromatic carbocycles. The van der Waals surface area contributed by atoms with E-state index in [1.807, 2.05) is 42.7 Å². The highest BCUT2D eigenvalue weighted by atomic mass is 35.5. The minimum atomic E-state index is -3.22. The van der Waals surface area contributed by atoms with Gasteiger partial charge in [-0.15, -0.1) is 11.8 Å². The highest BCUT2D eigenvalue weighted by Gasteiger charge is 2.46. The number of hydrogen-bond acceptors (Lipinski definition) is 12. The van der Waals surface area contributed by atoms with Crippen LogP contribution in [0, 0.1) is 0 Å². The molecule has 4 atom stereocenters. The minimum Gasteiger partial charge on any atom is -0.490 e. The summed E-state index contributed by atoms with van der Waals surface area (Å²) in [5.41, 5.74) is 4.06. The number of rotatable bonds is 19. The van der Waals surface area contributed by atoms with Gasteiger partial charge in [-0.25, -0.2) is 8.42 Å². The molecule has 1 amide bonds. The fourth-order valence-electron chi connectivity index (χ4n) is 6.95. The number of hydrogen-bond donors (Lipinski definition) is 6. The van der Waals surface area contributed by atoms with Gasteiger partial charge in [0, 0.05) is 52.5 Å². The van der Waals surface area contributed by atoms with Crippen LogP contribution < -0.4 is 10.1 Å². The zero-order valence-electron chi connectivity index (χ0n) is 30.1. The predicted molar refractivity (Wildman–Crippen MR) is 207 cm³/mol. The van der Waals surface area contributed by atoms with Crippen molar-refractivity contribution >= 4 is 39.1 Å². The molecule has 0 bridgehead atoms. The first-order chi connectivity index (χ1) is 25.9. The first-order valence-electron chi connectivity index (χ1n) is 18.6. The van der Waals surface area contributed by atoms with E-state index in [-0.39, 0.29) is 42.5 Å². The second-order valence-electron chi connectivity index (χ2n) is 14.6. The standard InChI is InChI=1S/C39H50ClN3O9S2/c40-32-10-9-28(53-18-4-3-17-43(26-12-19-54(50,51)20-13-26)38(49)37(48)36(47)35(46)33(45)24-44)21-25(32)22-42-39(14-15-39)31-23-41-16-11-29(31)30-5-1-2-6-34(30)52-27-7-8-27/h1-2,5-6,9-11,16,21,23,26-27,33,35-37,42,44-48H,3-4,7-8,12-15,17-20,22,24H2. The molecule has 3 aliphatic rings. The molecule has 3 aromatic rings. The summed E-state index contributed by atoms with van der Waals surface area (Å²) < 4.78 is 30.4. The predicted octanol–water partition coefficient (Wildman–Crippen LogP) is 3.44. The van der Waals surface area contributed by atoms with Gasteiger partial charge >= 0.3 is 0 Å². The average Bonchev–Trinajstić information content (AvgIpc) is 4.13. The highest BCUT2D eigenvalue weighted by Crippen LogP contribution is 2.50. The number of carbonyl (C=O) groups excluding carboxylic acids is 1. The molecule has 294 valence electrons. The molecule has 2 aliphatic carbocycles. The number of aliphatic hydroxyl groups excluding tert-OH is 5. The lowest BCUT2D eigenvalue weighted by molar-refractivity contribution is -0.160. The van der Waals surface area contributed by atoms with Crippen LogP contribution in [0.25, 0.3) is 11.1 Å². The molecule has 2 saturated carbocycles. The molecule has 1 aliphatic heterocycles. The maximum Gasteiger partial charge on any atom is 0.254 e. The van der Waals surface area contributed by atoms with E-state index in [9.17, 15) is 33.6 Å². The topological polar surface area (TPSA) is 190 Å². The molecule has 6 rings (SSSR count). The van der Waals surface area contributed by atoms with E-state index in [2.05, 4.69) is 28.5 Å². The molecular weight excluding hydrogens is 754 g/mol. The van der Waals surface area contributed by atoms with Crippen LogP contribution in [0.15, 0.2) is 65.8 Å². The molecule has 1 saturated heterocycles. The van der Waals surface area contributed by atoms with Crippen LogP contribution in [-0.4, -0.2) is 117 Å². The quantitative estimate of drug-likeness (QED) is 0.0767. The third kappa shape index (κ3) is 10.1. The van der Waals surface area contributed by atoms with Gasteiger partial charge in [0.1, 0.15) is 33.9 Å². The zero-order chi connectivity index (χ0) is 38.5. The van der Waals surface area contributed by atoms with Crippen LogP contribution in [-0.2, 0) is 26.7 Å². The van der Waals surface area contributed by atoms with Gasteiger partial charge in [0.25, 0.3) is 5.91 Å². The van der Waals surface area contributed by atoms with Crippen molar-refractivity contribution in [2.24, 2.45) is 0 Å². The van der Waals surface area contributed by atoms with E-state index in [4.69, 9.17) is 21.4 Å². The van der Waals surface area contributed by atoms with Crippen molar-refractivity contribution in [3.8, 4) is 16.9 Å². The summed E-state index contributed by atoms with van der Waals surface area (Å²) in [6.07, 6.45) is 2.00. The molecule has 54 heavy (non-hydrogen) atoms. The van der Waals surface area contributed by atoms with Gasteiger partial charge in [-0.3, -0.25) is 9.78 Å². The molecule has 6 N–H and O–H groups in total. The van der Waals surface area contributed by atoms with E-state index in [1.165, 1.54) is 4.90 Å². The Morgan fingerprint density at radius 1 is 1.00 bits per heavy atom. The van der Waals surface area contributed by atoms with Crippen molar-refractivity contribution in [3.63, 3.8) is 0 Å². The fourth-order valence-corrected chi connectivity index (χ4v) is 9.57. The summed E-state index contributed by atoms with van der Waals surface area (Å²) >= 11 is 8.34. The van der Waals surface area contributed by atoms with E-state index < -0.39 is 52.8 Å². The zero-order valence-corrected chi connectivity index (χ0v) is 32.5. The van der Waals surface area contributed by atoms with Gasteiger partial charge in [-0.05, 0) is 104 Å². The Kier molecular flexibility index (Phi) is 13.6. The largest absolute Gasteiger partial charge is 0.490 e. The second-order valence-corrected chi connectivity index (χ2v) is 18.4. The van der Waals surface area contributed by atoms with Gasteiger partial charge < -0.3 is 40.5 Å². The average molecular weight is 804 g/mol. The lowest BCUT2D eigenvalue weighted by Gasteiger charge is -2.37. The molecule has 2 heterocycles. The third-order valence-corrected chi connectivity index (χ3v) is 13.7. The lowest BCUT2D eigenvalue weighted by Crippen LogP contribution is -2.55. The van der Waals surface area contributed by atoms with Crippen LogP contribution in [0.4, 0.5) is 0 Å². The number of pyridine rings is 1. The monoisotopic (exact) mass is 803 g/mol. The number of amides is 1. The number of aliphatic hydroxyl groups is 5. The number of nitrogens with zero attached hydrogens (tertiary/aromatic N) is 2. The first kappa shape index (κ1) is 40.9. The normalized spacial score (nSPS) is 20.1. The number of benzene rings is 2. The molecule has 1 aromatic heterocycles. The number of ether oxygens (including phenoxy) is 1. The number of unbranched alkanes of at least 4 members (excludes halogenated alkanes) is 1. The number of aromatic nitrogens is 1. The van der Waals surface area contributed by atoms with Crippen LogP contribution >= 0.6 is 23.4 Å². The molecule has 15 heteroatoms. The Labute approximate surface area is 325 Å². The smallest absolute Gasteiger partial charge is 0.254 e. The maximum absolute atomic E-state index is 13.4. The Bertz CT molecular complexity index is 1850. The Hall–Kier alpha value is -2.79. The molecule has 12 nitrogen and oxygen atoms in total. The molecule has 0 spiro atoms. The summed E-state index contributed by atoms with van der Waals surface area (Å²) in [7, 11) is -3.22. The van der Waals surface area contributed by atoms with Crippen LogP contribution in [0.1, 0.15) is 62.5 Å². The van der Waals surface area contributed by atoms with Crippen molar-refractivity contribution in [1.82, 2.24) is 15.2 Å². The van der Waals surface area contributed by atoms with Crippen LogP contribution in [0.5, 0.6) is 5.75 Å². The Morgan fingerprint density at radius 3 is 2.44 bits per heavy atom. The summed E-state index contributed by atoms with van der Waals surface area (Å²) in [5.74, 6) is 0.562. The number of sulfone groups is 1. The van der Waals surface area contributed by atoms with Crippen molar-refractivity contribution in [2.75, 3.05) is 30.4 Å². The minimum absolute atomic E-state index is 0.0939. The third-order valence-electron chi connectivity index (χ3n) is 10.5. The van der Waals surface area contributed by atoms with Crippen molar-refractivity contribution < 1.29 is 43.5 Å². The number of thioether (sulfide) groups is 1. The van der Waals surface area contributed by atoms with Gasteiger partial charge in [0.2, 0.25) is 0 Å². The maximum atomic E-state index is 13.4. The van der Waals surface area contributed by atoms with Crippen molar-refractivity contribution in [1.29, 1.82) is 0 Å². The highest BCUT2D eigenvalue weighted by molar-refractivity contribution is 7.99. The number of nitrogens with one attached hydrogen (secondary N) is 1. The number of carbonyl (C=O) groups is 1. The molecular formula is C39H50ClN3O9S2. The van der Waals surface area contributed by atoms with Gasteiger partial charge in [-0.1, -0.05) is 29.8 Å². The Morgan fingerprint density at radius 2 is 1.74 bits per heavy atom. The fraction of sp³-hybridized carbons (Fsp3) is 0.538.